The first-order chi connectivity index (χ1) is 10.0. The maximum atomic E-state index is 11.9. The lowest BCUT2D eigenvalue weighted by Gasteiger charge is -2.31. The molecule has 1 saturated heterocycles. The van der Waals surface area contributed by atoms with Gasteiger partial charge in [-0.05, 0) is 44.0 Å². The number of carbonyl (C=O) groups excluding carboxylic acids is 1. The number of amides is 1. The summed E-state index contributed by atoms with van der Waals surface area (Å²) in [6.07, 6.45) is 3.22. The summed E-state index contributed by atoms with van der Waals surface area (Å²) in [5, 5.41) is 13.2. The number of hydrogen-bond acceptors (Lipinski definition) is 4. The summed E-state index contributed by atoms with van der Waals surface area (Å²) in [7, 11) is 0. The molecule has 1 aromatic rings. The van der Waals surface area contributed by atoms with Crippen molar-refractivity contribution < 1.29 is 9.90 Å². The molecule has 2 heterocycles. The second-order valence-corrected chi connectivity index (χ2v) is 6.15. The summed E-state index contributed by atoms with van der Waals surface area (Å²) in [5.74, 6) is 0.479. The number of rotatable bonds is 5. The molecule has 6 heteroatoms. The van der Waals surface area contributed by atoms with Crippen LogP contribution in [0.3, 0.4) is 0 Å². The third-order valence-electron chi connectivity index (χ3n) is 3.80. The summed E-state index contributed by atoms with van der Waals surface area (Å²) in [6.45, 7) is 5.12. The molecule has 1 amide bonds. The van der Waals surface area contributed by atoms with Crippen LogP contribution in [0.1, 0.15) is 30.3 Å². The van der Waals surface area contributed by atoms with E-state index in [0.717, 1.165) is 19.0 Å². The lowest BCUT2D eigenvalue weighted by molar-refractivity contribution is 0.0792. The second-order valence-electron chi connectivity index (χ2n) is 5.71. The van der Waals surface area contributed by atoms with E-state index in [4.69, 9.17) is 11.6 Å². The molecule has 0 bridgehead atoms. The molecule has 5 nitrogen and oxygen atoms in total. The largest absolute Gasteiger partial charge is 0.390 e. The summed E-state index contributed by atoms with van der Waals surface area (Å²) in [4.78, 5) is 18.0. The standard InChI is InChI=1S/C15H22ClN3O2/c1-11-4-6-19(7-5-11)10-13(20)9-18-15(21)14-3-2-12(16)8-17-14/h2-3,8,11,13,20H,4-7,9-10H2,1H3,(H,18,21). The Kier molecular flexibility index (Phi) is 5.96. The fraction of sp³-hybridized carbons (Fsp3) is 0.600. The van der Waals surface area contributed by atoms with Gasteiger partial charge >= 0.3 is 0 Å². The van der Waals surface area contributed by atoms with Crippen molar-refractivity contribution in [2.75, 3.05) is 26.2 Å². The molecule has 1 aliphatic heterocycles. The van der Waals surface area contributed by atoms with Crippen LogP contribution in [0, 0.1) is 5.92 Å². The van der Waals surface area contributed by atoms with Crippen LogP contribution < -0.4 is 5.32 Å². The monoisotopic (exact) mass is 311 g/mol. The summed E-state index contributed by atoms with van der Waals surface area (Å²) >= 11 is 5.72. The van der Waals surface area contributed by atoms with Gasteiger partial charge in [0.15, 0.2) is 0 Å². The van der Waals surface area contributed by atoms with Crippen LogP contribution in [0.25, 0.3) is 0 Å². The second kappa shape index (κ2) is 7.73. The minimum absolute atomic E-state index is 0.231. The highest BCUT2D eigenvalue weighted by Crippen LogP contribution is 2.15. The molecular weight excluding hydrogens is 290 g/mol. The van der Waals surface area contributed by atoms with Gasteiger partial charge in [-0.3, -0.25) is 4.79 Å². The Balaban J connectivity index is 1.72. The summed E-state index contributed by atoms with van der Waals surface area (Å²) in [6, 6.07) is 3.19. The molecule has 2 rings (SSSR count). The third kappa shape index (κ3) is 5.26. The number of hydrogen-bond donors (Lipinski definition) is 2. The van der Waals surface area contributed by atoms with Gasteiger partial charge in [-0.2, -0.15) is 0 Å². The number of β-amino-alcohol motifs (C(OH)–C–C–N with tert-alkyl or cyclic N) is 1. The van der Waals surface area contributed by atoms with Gasteiger partial charge in [0.1, 0.15) is 5.69 Å². The first-order valence-corrected chi connectivity index (χ1v) is 7.72. The predicted molar refractivity (Wildman–Crippen MR) is 82.4 cm³/mol. The van der Waals surface area contributed by atoms with Crippen molar-refractivity contribution in [1.29, 1.82) is 0 Å². The molecular formula is C15H22ClN3O2. The zero-order valence-corrected chi connectivity index (χ0v) is 13.0. The van der Waals surface area contributed by atoms with Crippen molar-refractivity contribution in [2.24, 2.45) is 5.92 Å². The van der Waals surface area contributed by atoms with E-state index in [1.807, 2.05) is 0 Å². The maximum absolute atomic E-state index is 11.9. The number of piperidine rings is 1. The number of nitrogens with zero attached hydrogens (tertiary/aromatic N) is 2. The number of aliphatic hydroxyl groups excluding tert-OH is 1. The predicted octanol–water partition coefficient (Wildman–Crippen LogP) is 1.56. The van der Waals surface area contributed by atoms with Gasteiger partial charge in [0.2, 0.25) is 0 Å². The van der Waals surface area contributed by atoms with Crippen LogP contribution in [0.5, 0.6) is 0 Å². The molecule has 21 heavy (non-hydrogen) atoms. The van der Waals surface area contributed by atoms with Gasteiger partial charge in [-0.15, -0.1) is 0 Å². The van der Waals surface area contributed by atoms with Crippen LogP contribution in [0.15, 0.2) is 18.3 Å². The van der Waals surface area contributed by atoms with Crippen molar-refractivity contribution in [1.82, 2.24) is 15.2 Å². The van der Waals surface area contributed by atoms with Crippen LogP contribution in [0.2, 0.25) is 5.02 Å². The Morgan fingerprint density at radius 3 is 2.86 bits per heavy atom. The smallest absolute Gasteiger partial charge is 0.269 e. The van der Waals surface area contributed by atoms with E-state index in [0.29, 0.717) is 17.3 Å². The first kappa shape index (κ1) is 16.2. The Labute approximate surface area is 130 Å². The van der Waals surface area contributed by atoms with E-state index >= 15 is 0 Å². The normalized spacial score (nSPS) is 18.4. The molecule has 1 aromatic heterocycles. The van der Waals surface area contributed by atoms with Crippen molar-refractivity contribution in [3.8, 4) is 0 Å². The molecule has 0 aromatic carbocycles. The SMILES string of the molecule is CC1CCN(CC(O)CNC(=O)c2ccc(Cl)cn2)CC1. The van der Waals surface area contributed by atoms with Gasteiger partial charge in [0.25, 0.3) is 5.91 Å². The van der Waals surface area contributed by atoms with Gasteiger partial charge in [-0.1, -0.05) is 18.5 Å². The van der Waals surface area contributed by atoms with Crippen molar-refractivity contribution in [2.45, 2.75) is 25.9 Å². The molecule has 116 valence electrons. The number of aromatic nitrogens is 1. The molecule has 1 unspecified atom stereocenters. The van der Waals surface area contributed by atoms with Crippen molar-refractivity contribution in [3.05, 3.63) is 29.0 Å². The number of halogens is 1. The molecule has 0 saturated carbocycles. The van der Waals surface area contributed by atoms with E-state index in [2.05, 4.69) is 22.1 Å². The number of aliphatic hydroxyl groups is 1. The fourth-order valence-corrected chi connectivity index (χ4v) is 2.53. The molecule has 1 aliphatic rings. The van der Waals surface area contributed by atoms with E-state index in [9.17, 15) is 9.90 Å². The quantitative estimate of drug-likeness (QED) is 0.866. The summed E-state index contributed by atoms with van der Waals surface area (Å²) < 4.78 is 0. The van der Waals surface area contributed by atoms with Gasteiger partial charge in [0.05, 0.1) is 11.1 Å². The van der Waals surface area contributed by atoms with Crippen molar-refractivity contribution in [3.63, 3.8) is 0 Å². The highest BCUT2D eigenvalue weighted by Gasteiger charge is 2.18. The highest BCUT2D eigenvalue weighted by molar-refractivity contribution is 6.30. The summed E-state index contributed by atoms with van der Waals surface area (Å²) in [5.41, 5.74) is 0.304. The van der Waals surface area contributed by atoms with Gasteiger partial charge in [0, 0.05) is 19.3 Å². The average Bonchev–Trinajstić information content (AvgIpc) is 2.48. The van der Waals surface area contributed by atoms with Crippen LogP contribution in [-0.4, -0.2) is 53.2 Å². The Hall–Kier alpha value is -1.17. The number of nitrogens with one attached hydrogen (secondary N) is 1. The Morgan fingerprint density at radius 2 is 2.24 bits per heavy atom. The van der Waals surface area contributed by atoms with Crippen LogP contribution in [0.4, 0.5) is 0 Å². The number of carbonyl (C=O) groups is 1. The highest BCUT2D eigenvalue weighted by atomic mass is 35.5. The zero-order chi connectivity index (χ0) is 15.2. The maximum Gasteiger partial charge on any atom is 0.269 e. The minimum atomic E-state index is -0.561. The average molecular weight is 312 g/mol. The molecule has 0 spiro atoms. The molecule has 2 N–H and O–H groups in total. The minimum Gasteiger partial charge on any atom is -0.390 e. The molecule has 1 atom stereocenters. The zero-order valence-electron chi connectivity index (χ0n) is 12.3. The van der Waals surface area contributed by atoms with E-state index < -0.39 is 6.10 Å². The Morgan fingerprint density at radius 1 is 1.52 bits per heavy atom. The Bertz CT molecular complexity index is 458. The third-order valence-corrected chi connectivity index (χ3v) is 4.03. The molecule has 1 fully saturated rings. The first-order valence-electron chi connectivity index (χ1n) is 7.35. The van der Waals surface area contributed by atoms with Crippen LogP contribution >= 0.6 is 11.6 Å². The van der Waals surface area contributed by atoms with Gasteiger partial charge in [-0.25, -0.2) is 4.98 Å². The molecule has 0 aliphatic carbocycles. The lowest BCUT2D eigenvalue weighted by atomic mass is 9.99. The fourth-order valence-electron chi connectivity index (χ4n) is 2.42. The molecule has 0 radical (unpaired) electrons. The number of likely N-dealkylation sites (tertiary alicyclic amines) is 1. The van der Waals surface area contributed by atoms with E-state index in [1.54, 1.807) is 12.1 Å². The van der Waals surface area contributed by atoms with Crippen molar-refractivity contribution >= 4 is 17.5 Å². The van der Waals surface area contributed by atoms with Crippen LogP contribution in [-0.2, 0) is 0 Å². The topological polar surface area (TPSA) is 65.5 Å². The van der Waals surface area contributed by atoms with Gasteiger partial charge < -0.3 is 15.3 Å². The van der Waals surface area contributed by atoms with E-state index in [1.165, 1.54) is 19.0 Å². The lowest BCUT2D eigenvalue weighted by Crippen LogP contribution is -2.43. The van der Waals surface area contributed by atoms with E-state index in [-0.39, 0.29) is 12.5 Å². The number of pyridine rings is 1.